The maximum Gasteiger partial charge on any atom is 0.293 e. The van der Waals surface area contributed by atoms with Crippen LogP contribution in [0.25, 0.3) is 17.0 Å². The smallest absolute Gasteiger partial charge is 0.293 e. The predicted molar refractivity (Wildman–Crippen MR) is 150 cm³/mol. The molecule has 0 unspecified atom stereocenters. The topological polar surface area (TPSA) is 79.7 Å². The Morgan fingerprint density at radius 2 is 1.71 bits per heavy atom. The summed E-state index contributed by atoms with van der Waals surface area (Å²) in [6.45, 7) is 5.53. The number of fused-ring (bicyclic) bond motifs is 1. The maximum absolute atomic E-state index is 13.2. The third-order valence-electron chi connectivity index (χ3n) is 7.24. The van der Waals surface area contributed by atoms with Crippen LogP contribution in [0.5, 0.6) is 0 Å². The average Bonchev–Trinajstić information content (AvgIpc) is 3.41. The van der Waals surface area contributed by atoms with E-state index in [4.69, 9.17) is 0 Å². The van der Waals surface area contributed by atoms with E-state index in [0.29, 0.717) is 5.56 Å². The number of hydrogen-bond donors (Lipinski definition) is 0. The Balaban J connectivity index is 1.42. The molecular weight excluding hydrogens is 498 g/mol. The SMILES string of the molecule is CCc1cccc2c(/C=C3\SC(=O)N(CC(=O)c4ccc(C)cc4)C3=O)cn(CC(=O)N3CCCCC3)c12. The van der Waals surface area contributed by atoms with Gasteiger partial charge >= 0.3 is 0 Å². The molecule has 0 N–H and O–H groups in total. The van der Waals surface area contributed by atoms with Crippen LogP contribution in [0.15, 0.2) is 53.6 Å². The van der Waals surface area contributed by atoms with Crippen molar-refractivity contribution in [1.82, 2.24) is 14.4 Å². The van der Waals surface area contributed by atoms with E-state index in [9.17, 15) is 19.2 Å². The Morgan fingerprint density at radius 3 is 2.42 bits per heavy atom. The third-order valence-corrected chi connectivity index (χ3v) is 8.15. The summed E-state index contributed by atoms with van der Waals surface area (Å²) in [6, 6.07) is 13.1. The molecule has 8 heteroatoms. The zero-order valence-corrected chi connectivity index (χ0v) is 22.6. The van der Waals surface area contributed by atoms with Crippen LogP contribution in [0, 0.1) is 6.92 Å². The van der Waals surface area contributed by atoms with Crippen molar-refractivity contribution in [2.24, 2.45) is 0 Å². The Kier molecular flexibility index (Phi) is 7.51. The Hall–Kier alpha value is -3.65. The van der Waals surface area contributed by atoms with Crippen molar-refractivity contribution in [3.8, 4) is 0 Å². The molecule has 2 aliphatic heterocycles. The number of hydrogen-bond acceptors (Lipinski definition) is 5. The van der Waals surface area contributed by atoms with Crippen molar-refractivity contribution in [1.29, 1.82) is 0 Å². The van der Waals surface area contributed by atoms with E-state index in [-0.39, 0.29) is 29.7 Å². The Bertz CT molecular complexity index is 1450. The molecule has 196 valence electrons. The molecule has 2 saturated heterocycles. The molecule has 0 bridgehead atoms. The number of piperidine rings is 1. The van der Waals surface area contributed by atoms with Crippen LogP contribution in [0.3, 0.4) is 0 Å². The van der Waals surface area contributed by atoms with Crippen LogP contribution in [0.4, 0.5) is 4.79 Å². The Morgan fingerprint density at radius 1 is 0.974 bits per heavy atom. The number of rotatable bonds is 7. The highest BCUT2D eigenvalue weighted by molar-refractivity contribution is 8.18. The van der Waals surface area contributed by atoms with Crippen LogP contribution in [0.2, 0.25) is 0 Å². The highest BCUT2D eigenvalue weighted by atomic mass is 32.2. The number of amides is 3. The molecule has 2 aromatic carbocycles. The van der Waals surface area contributed by atoms with Crippen LogP contribution >= 0.6 is 11.8 Å². The fourth-order valence-corrected chi connectivity index (χ4v) is 5.96. The lowest BCUT2D eigenvalue weighted by Gasteiger charge is -2.27. The molecule has 0 radical (unpaired) electrons. The number of benzene rings is 2. The molecule has 3 aromatic rings. The van der Waals surface area contributed by atoms with Gasteiger partial charge in [-0.05, 0) is 56.0 Å². The fourth-order valence-electron chi connectivity index (χ4n) is 5.13. The number of aryl methyl sites for hydroxylation is 2. The number of thioether (sulfide) groups is 1. The summed E-state index contributed by atoms with van der Waals surface area (Å²) in [7, 11) is 0. The van der Waals surface area contributed by atoms with Gasteiger partial charge in [0.05, 0.1) is 17.0 Å². The van der Waals surface area contributed by atoms with Gasteiger partial charge in [-0.1, -0.05) is 55.0 Å². The number of likely N-dealkylation sites (tertiary alicyclic amines) is 1. The van der Waals surface area contributed by atoms with Crippen molar-refractivity contribution in [2.75, 3.05) is 19.6 Å². The first-order valence-electron chi connectivity index (χ1n) is 13.1. The lowest BCUT2D eigenvalue weighted by molar-refractivity contribution is -0.132. The molecule has 2 aliphatic rings. The van der Waals surface area contributed by atoms with Crippen molar-refractivity contribution in [3.05, 3.63) is 75.8 Å². The van der Waals surface area contributed by atoms with Gasteiger partial charge in [-0.2, -0.15) is 0 Å². The van der Waals surface area contributed by atoms with Crippen molar-refractivity contribution >= 4 is 51.6 Å². The number of para-hydroxylation sites is 1. The highest BCUT2D eigenvalue weighted by Gasteiger charge is 2.36. The van der Waals surface area contributed by atoms with Gasteiger partial charge in [0.2, 0.25) is 5.91 Å². The average molecular weight is 530 g/mol. The highest BCUT2D eigenvalue weighted by Crippen LogP contribution is 2.35. The first-order valence-corrected chi connectivity index (χ1v) is 13.9. The van der Waals surface area contributed by atoms with E-state index >= 15 is 0 Å². The lowest BCUT2D eigenvalue weighted by atomic mass is 10.1. The standard InChI is InChI=1S/C30H31N3O4S/c1-3-21-8-7-9-24-23(17-32(28(21)24)19-27(35)31-14-5-4-6-15-31)16-26-29(36)33(30(37)38-26)18-25(34)22-12-10-20(2)11-13-22/h7-13,16-17H,3-6,14-15,18-19H2,1-2H3/b26-16-. The number of nitrogens with zero attached hydrogens (tertiary/aromatic N) is 3. The Labute approximate surface area is 226 Å². The van der Waals surface area contributed by atoms with E-state index in [1.54, 1.807) is 18.2 Å². The van der Waals surface area contributed by atoms with Crippen LogP contribution in [0.1, 0.15) is 53.2 Å². The van der Waals surface area contributed by atoms with Gasteiger partial charge in [0.15, 0.2) is 5.78 Å². The molecule has 0 spiro atoms. The fraction of sp³-hybridized carbons (Fsp3) is 0.333. The minimum absolute atomic E-state index is 0.0917. The van der Waals surface area contributed by atoms with Crippen LogP contribution < -0.4 is 0 Å². The van der Waals surface area contributed by atoms with Crippen molar-refractivity contribution in [3.63, 3.8) is 0 Å². The maximum atomic E-state index is 13.2. The zero-order valence-electron chi connectivity index (χ0n) is 21.7. The monoisotopic (exact) mass is 529 g/mol. The molecule has 2 fully saturated rings. The summed E-state index contributed by atoms with van der Waals surface area (Å²) in [5, 5.41) is 0.471. The van der Waals surface area contributed by atoms with Gasteiger partial charge in [0, 0.05) is 35.8 Å². The minimum Gasteiger partial charge on any atom is -0.341 e. The van der Waals surface area contributed by atoms with Crippen molar-refractivity contribution in [2.45, 2.75) is 46.1 Å². The van der Waals surface area contributed by atoms with Gasteiger partial charge in [0.25, 0.3) is 11.1 Å². The molecule has 7 nitrogen and oxygen atoms in total. The van der Waals surface area contributed by atoms with Crippen LogP contribution in [-0.2, 0) is 22.6 Å². The number of carbonyl (C=O) groups is 4. The molecule has 0 atom stereocenters. The molecule has 3 heterocycles. The number of aromatic nitrogens is 1. The molecule has 0 saturated carbocycles. The summed E-state index contributed by atoms with van der Waals surface area (Å²) in [6.07, 6.45) is 7.64. The summed E-state index contributed by atoms with van der Waals surface area (Å²) < 4.78 is 1.97. The second-order valence-electron chi connectivity index (χ2n) is 9.88. The first-order chi connectivity index (χ1) is 18.4. The zero-order chi connectivity index (χ0) is 26.8. The number of Topliss-reactive ketones (excluding diaryl/α,β-unsaturated/α-hetero) is 1. The number of imide groups is 1. The van der Waals surface area contributed by atoms with E-state index in [0.717, 1.165) is 83.0 Å². The van der Waals surface area contributed by atoms with Gasteiger partial charge in [-0.3, -0.25) is 24.1 Å². The van der Waals surface area contributed by atoms with Crippen LogP contribution in [-0.4, -0.2) is 56.8 Å². The summed E-state index contributed by atoms with van der Waals surface area (Å²) >= 11 is 0.843. The summed E-state index contributed by atoms with van der Waals surface area (Å²) in [5.74, 6) is -0.666. The molecule has 1 aromatic heterocycles. The second kappa shape index (κ2) is 11.0. The van der Waals surface area contributed by atoms with Gasteiger partial charge in [-0.25, -0.2) is 0 Å². The van der Waals surface area contributed by atoms with E-state index in [1.807, 2.05) is 46.9 Å². The molecular formula is C30H31N3O4S. The van der Waals surface area contributed by atoms with Gasteiger partial charge in [-0.15, -0.1) is 0 Å². The number of carbonyl (C=O) groups excluding carboxylic acids is 4. The van der Waals surface area contributed by atoms with Gasteiger partial charge in [0.1, 0.15) is 6.54 Å². The predicted octanol–water partition coefficient (Wildman–Crippen LogP) is 5.44. The molecule has 3 amide bonds. The molecule has 38 heavy (non-hydrogen) atoms. The lowest BCUT2D eigenvalue weighted by Crippen LogP contribution is -2.37. The minimum atomic E-state index is -0.475. The summed E-state index contributed by atoms with van der Waals surface area (Å²) in [4.78, 5) is 54.9. The molecule has 0 aliphatic carbocycles. The summed E-state index contributed by atoms with van der Waals surface area (Å²) in [5.41, 5.74) is 4.36. The van der Waals surface area contributed by atoms with E-state index < -0.39 is 11.1 Å². The third kappa shape index (κ3) is 5.18. The first kappa shape index (κ1) is 26.0. The second-order valence-corrected chi connectivity index (χ2v) is 10.9. The largest absolute Gasteiger partial charge is 0.341 e. The van der Waals surface area contributed by atoms with Gasteiger partial charge < -0.3 is 9.47 Å². The van der Waals surface area contributed by atoms with Crippen molar-refractivity contribution < 1.29 is 19.2 Å². The van der Waals surface area contributed by atoms with E-state index in [2.05, 4.69) is 13.0 Å². The van der Waals surface area contributed by atoms with E-state index in [1.165, 1.54) is 0 Å². The normalized spacial score (nSPS) is 17.2. The number of ketones is 1. The quantitative estimate of drug-likeness (QED) is 0.301. The molecule has 5 rings (SSSR count).